The lowest BCUT2D eigenvalue weighted by Gasteiger charge is -2.14. The highest BCUT2D eigenvalue weighted by molar-refractivity contribution is 5.87. The Labute approximate surface area is 183 Å². The van der Waals surface area contributed by atoms with Crippen LogP contribution in [0.1, 0.15) is 12.8 Å². The summed E-state index contributed by atoms with van der Waals surface area (Å²) in [5, 5.41) is 6.06. The van der Waals surface area contributed by atoms with Crippen molar-refractivity contribution in [2.45, 2.75) is 18.9 Å². The normalized spacial score (nSPS) is 20.6. The Morgan fingerprint density at radius 1 is 1.12 bits per heavy atom. The largest absolute Gasteiger partial charge is 0.490 e. The lowest BCUT2D eigenvalue weighted by atomic mass is 10.1. The van der Waals surface area contributed by atoms with E-state index in [1.807, 2.05) is 0 Å². The highest BCUT2D eigenvalue weighted by Gasteiger charge is 2.21. The van der Waals surface area contributed by atoms with Gasteiger partial charge in [0.25, 0.3) is 0 Å². The SMILES string of the molecule is Fc1c(Nc2ncnc3ccc(O[C@H]4CCNC4)nc23)ccc(OC[C@@H]2CCOC2)c1F. The zero-order valence-corrected chi connectivity index (χ0v) is 17.3. The van der Waals surface area contributed by atoms with E-state index >= 15 is 0 Å². The minimum absolute atomic E-state index is 0.0378. The average Bonchev–Trinajstić information content (AvgIpc) is 3.51. The van der Waals surface area contributed by atoms with E-state index in [4.69, 9.17) is 14.2 Å². The first kappa shape index (κ1) is 20.8. The number of ether oxygens (including phenoxy) is 3. The van der Waals surface area contributed by atoms with Crippen LogP contribution in [0.5, 0.6) is 11.6 Å². The van der Waals surface area contributed by atoms with Gasteiger partial charge in [-0.3, -0.25) is 0 Å². The fraction of sp³-hybridized carbons (Fsp3) is 0.409. The predicted octanol–water partition coefficient (Wildman–Crippen LogP) is 3.20. The maximum Gasteiger partial charge on any atom is 0.214 e. The lowest BCUT2D eigenvalue weighted by Crippen LogP contribution is -2.20. The van der Waals surface area contributed by atoms with Crippen molar-refractivity contribution in [1.29, 1.82) is 0 Å². The second-order valence-corrected chi connectivity index (χ2v) is 7.88. The number of nitrogens with zero attached hydrogens (tertiary/aromatic N) is 3. The summed E-state index contributed by atoms with van der Waals surface area (Å²) in [5.74, 6) is -1.38. The van der Waals surface area contributed by atoms with E-state index in [0.29, 0.717) is 30.1 Å². The van der Waals surface area contributed by atoms with Crippen molar-refractivity contribution >= 4 is 22.5 Å². The molecule has 168 valence electrons. The lowest BCUT2D eigenvalue weighted by molar-refractivity contribution is 0.165. The van der Waals surface area contributed by atoms with Crippen LogP contribution >= 0.6 is 0 Å². The van der Waals surface area contributed by atoms with Crippen LogP contribution < -0.4 is 20.1 Å². The number of aromatic nitrogens is 3. The van der Waals surface area contributed by atoms with Gasteiger partial charge in [-0.05, 0) is 37.6 Å². The molecule has 2 atom stereocenters. The second kappa shape index (κ2) is 9.17. The Bertz CT molecular complexity index is 1100. The molecule has 0 radical (unpaired) electrons. The Kier molecular flexibility index (Phi) is 5.95. The van der Waals surface area contributed by atoms with E-state index in [1.54, 1.807) is 12.1 Å². The zero-order chi connectivity index (χ0) is 21.9. The van der Waals surface area contributed by atoms with Gasteiger partial charge in [-0.2, -0.15) is 4.39 Å². The Morgan fingerprint density at radius 2 is 2.06 bits per heavy atom. The second-order valence-electron chi connectivity index (χ2n) is 7.88. The molecule has 3 aromatic rings. The van der Waals surface area contributed by atoms with E-state index in [9.17, 15) is 8.78 Å². The van der Waals surface area contributed by atoms with Gasteiger partial charge in [-0.25, -0.2) is 19.3 Å². The first-order chi connectivity index (χ1) is 15.7. The first-order valence-corrected chi connectivity index (χ1v) is 10.6. The summed E-state index contributed by atoms with van der Waals surface area (Å²) in [6.07, 6.45) is 3.11. The standard InChI is InChI=1S/C22H23F2N5O3/c23-19-15(1-3-17(20(19)24)31-11-13-6-8-30-10-13)28-22-21-16(26-12-27-22)2-4-18(29-21)32-14-5-7-25-9-14/h1-4,12-14,25H,5-11H2,(H,26,27,28)/t13-,14+/m1/s1. The fourth-order valence-electron chi connectivity index (χ4n) is 3.77. The van der Waals surface area contributed by atoms with Crippen molar-refractivity contribution in [2.75, 3.05) is 38.2 Å². The van der Waals surface area contributed by atoms with Gasteiger partial charge in [-0.15, -0.1) is 0 Å². The van der Waals surface area contributed by atoms with Crippen LogP contribution in [0.3, 0.4) is 0 Å². The van der Waals surface area contributed by atoms with Crippen molar-refractivity contribution in [3.05, 3.63) is 42.2 Å². The number of pyridine rings is 1. The van der Waals surface area contributed by atoms with Gasteiger partial charge in [0.1, 0.15) is 17.9 Å². The van der Waals surface area contributed by atoms with Crippen LogP contribution in [0.4, 0.5) is 20.3 Å². The van der Waals surface area contributed by atoms with Crippen LogP contribution in [0, 0.1) is 17.6 Å². The first-order valence-electron chi connectivity index (χ1n) is 10.6. The molecule has 0 saturated carbocycles. The van der Waals surface area contributed by atoms with Crippen LogP contribution in [-0.4, -0.2) is 54.0 Å². The molecular formula is C22H23F2N5O3. The molecular weight excluding hydrogens is 420 g/mol. The highest BCUT2D eigenvalue weighted by Crippen LogP contribution is 2.30. The van der Waals surface area contributed by atoms with Crippen molar-refractivity contribution in [1.82, 2.24) is 20.3 Å². The van der Waals surface area contributed by atoms with Gasteiger partial charge >= 0.3 is 0 Å². The molecule has 0 spiro atoms. The summed E-state index contributed by atoms with van der Waals surface area (Å²) in [4.78, 5) is 12.9. The summed E-state index contributed by atoms with van der Waals surface area (Å²) in [5.41, 5.74) is 0.878. The molecule has 4 heterocycles. The van der Waals surface area contributed by atoms with Crippen molar-refractivity contribution in [2.24, 2.45) is 5.92 Å². The molecule has 0 amide bonds. The Hall–Kier alpha value is -3.11. The molecule has 2 saturated heterocycles. The maximum absolute atomic E-state index is 14.8. The van der Waals surface area contributed by atoms with Gasteiger partial charge in [0.15, 0.2) is 17.4 Å². The smallest absolute Gasteiger partial charge is 0.214 e. The molecule has 0 unspecified atom stereocenters. The van der Waals surface area contributed by atoms with E-state index < -0.39 is 11.6 Å². The molecule has 2 aliphatic rings. The Morgan fingerprint density at radius 3 is 2.88 bits per heavy atom. The quantitative estimate of drug-likeness (QED) is 0.576. The van der Waals surface area contributed by atoms with Gasteiger partial charge in [0.05, 0.1) is 24.4 Å². The molecule has 1 aromatic carbocycles. The number of benzene rings is 1. The monoisotopic (exact) mass is 443 g/mol. The topological polar surface area (TPSA) is 90.4 Å². The minimum atomic E-state index is -1.06. The number of hydrogen-bond donors (Lipinski definition) is 2. The van der Waals surface area contributed by atoms with Crippen molar-refractivity contribution in [3.63, 3.8) is 0 Å². The van der Waals surface area contributed by atoms with Crippen LogP contribution in [0.15, 0.2) is 30.6 Å². The third kappa shape index (κ3) is 4.42. The third-order valence-electron chi connectivity index (χ3n) is 5.56. The van der Waals surface area contributed by atoms with Crippen molar-refractivity contribution < 1.29 is 23.0 Å². The van der Waals surface area contributed by atoms with Gasteiger partial charge in [0, 0.05) is 25.1 Å². The van der Waals surface area contributed by atoms with Gasteiger partial charge < -0.3 is 24.8 Å². The summed E-state index contributed by atoms with van der Waals surface area (Å²) in [6.45, 7) is 3.16. The molecule has 2 fully saturated rings. The predicted molar refractivity (Wildman–Crippen MR) is 113 cm³/mol. The maximum atomic E-state index is 14.8. The molecule has 32 heavy (non-hydrogen) atoms. The zero-order valence-electron chi connectivity index (χ0n) is 17.3. The van der Waals surface area contributed by atoms with E-state index in [-0.39, 0.29) is 35.9 Å². The highest BCUT2D eigenvalue weighted by atomic mass is 19.2. The molecule has 2 aromatic heterocycles. The molecule has 5 rings (SSSR count). The van der Waals surface area contributed by atoms with E-state index in [1.165, 1.54) is 18.5 Å². The van der Waals surface area contributed by atoms with E-state index in [0.717, 1.165) is 25.9 Å². The van der Waals surface area contributed by atoms with E-state index in [2.05, 4.69) is 25.6 Å². The number of anilines is 2. The van der Waals surface area contributed by atoms with Crippen LogP contribution in [0.25, 0.3) is 11.0 Å². The minimum Gasteiger partial charge on any atom is -0.490 e. The number of halogens is 2. The molecule has 8 nitrogen and oxygen atoms in total. The molecule has 2 aliphatic heterocycles. The summed E-state index contributed by atoms with van der Waals surface area (Å²) in [6, 6.07) is 6.30. The number of rotatable bonds is 7. The molecule has 0 bridgehead atoms. The Balaban J connectivity index is 1.36. The summed E-state index contributed by atoms with van der Waals surface area (Å²) < 4.78 is 46.0. The van der Waals surface area contributed by atoms with Crippen LogP contribution in [-0.2, 0) is 4.74 Å². The van der Waals surface area contributed by atoms with Crippen LogP contribution in [0.2, 0.25) is 0 Å². The number of nitrogens with one attached hydrogen (secondary N) is 2. The molecule has 0 aliphatic carbocycles. The number of fused-ring (bicyclic) bond motifs is 1. The van der Waals surface area contributed by atoms with Crippen molar-refractivity contribution in [3.8, 4) is 11.6 Å². The summed E-state index contributed by atoms with van der Waals surface area (Å²) >= 11 is 0. The fourth-order valence-corrected chi connectivity index (χ4v) is 3.77. The third-order valence-corrected chi connectivity index (χ3v) is 5.56. The van der Waals surface area contributed by atoms with Gasteiger partial charge in [-0.1, -0.05) is 0 Å². The molecule has 10 heteroatoms. The summed E-state index contributed by atoms with van der Waals surface area (Å²) in [7, 11) is 0. The molecule has 2 N–H and O–H groups in total. The number of hydrogen-bond acceptors (Lipinski definition) is 8. The van der Waals surface area contributed by atoms with Gasteiger partial charge in [0.2, 0.25) is 11.7 Å². The average molecular weight is 443 g/mol.